The minimum absolute atomic E-state index is 0.0525. The van der Waals surface area contributed by atoms with Gasteiger partial charge in [0.2, 0.25) is 5.91 Å². The van der Waals surface area contributed by atoms with Crippen molar-refractivity contribution in [3.63, 3.8) is 0 Å². The lowest BCUT2D eigenvalue weighted by Gasteiger charge is -2.40. The van der Waals surface area contributed by atoms with E-state index in [2.05, 4.69) is 24.6 Å². The van der Waals surface area contributed by atoms with Crippen LogP contribution >= 0.6 is 23.2 Å². The molecule has 3 atom stereocenters. The lowest BCUT2D eigenvalue weighted by molar-refractivity contribution is -0.138. The fourth-order valence-corrected chi connectivity index (χ4v) is 5.52. The summed E-state index contributed by atoms with van der Waals surface area (Å²) in [5.74, 6) is 1.76. The minimum Gasteiger partial charge on any atom is -0.331 e. The fraction of sp³-hybridized carbons (Fsp3) is 0.600. The Morgan fingerprint density at radius 1 is 1.22 bits per heavy atom. The van der Waals surface area contributed by atoms with Crippen LogP contribution in [0.2, 0.25) is 10.0 Å². The van der Waals surface area contributed by atoms with E-state index in [0.29, 0.717) is 29.1 Å². The molecular formula is C25H34Cl2N4O. The normalized spacial score (nSPS) is 21.3. The molecule has 4 rings (SSSR count). The van der Waals surface area contributed by atoms with Crippen LogP contribution in [-0.4, -0.2) is 32.9 Å². The topological polar surface area (TPSA) is 64.2 Å². The summed E-state index contributed by atoms with van der Waals surface area (Å²) < 4.78 is 2.19. The average molecular weight is 477 g/mol. The molecule has 0 saturated heterocycles. The van der Waals surface area contributed by atoms with Gasteiger partial charge in [0.15, 0.2) is 0 Å². The van der Waals surface area contributed by atoms with Crippen molar-refractivity contribution < 1.29 is 4.79 Å². The number of hydrogen-bond donors (Lipinski definition) is 1. The molecular weight excluding hydrogens is 443 g/mol. The van der Waals surface area contributed by atoms with Gasteiger partial charge in [0.25, 0.3) is 0 Å². The number of nitrogens with zero attached hydrogens (tertiary/aromatic N) is 3. The van der Waals surface area contributed by atoms with Gasteiger partial charge in [0, 0.05) is 29.9 Å². The van der Waals surface area contributed by atoms with Gasteiger partial charge in [-0.1, -0.05) is 75.6 Å². The summed E-state index contributed by atoms with van der Waals surface area (Å²) in [5.41, 5.74) is 8.03. The van der Waals surface area contributed by atoms with Crippen molar-refractivity contribution in [2.45, 2.75) is 77.4 Å². The van der Waals surface area contributed by atoms with E-state index >= 15 is 0 Å². The Bertz CT molecular complexity index is 953. The van der Waals surface area contributed by atoms with Crippen molar-refractivity contribution >= 4 is 29.1 Å². The zero-order valence-corrected chi connectivity index (χ0v) is 20.6. The Morgan fingerprint density at radius 2 is 1.97 bits per heavy atom. The largest absolute Gasteiger partial charge is 0.331 e. The van der Waals surface area contributed by atoms with Gasteiger partial charge in [-0.3, -0.25) is 4.79 Å². The summed E-state index contributed by atoms with van der Waals surface area (Å²) in [6.45, 7) is 5.51. The number of carbonyl (C=O) groups is 1. The van der Waals surface area contributed by atoms with Crippen LogP contribution in [0.25, 0.3) is 11.3 Å². The first-order chi connectivity index (χ1) is 15.4. The number of carbonyl (C=O) groups excluding carboxylic acids is 1. The zero-order chi connectivity index (χ0) is 22.8. The number of hydrogen-bond acceptors (Lipinski definition) is 3. The zero-order valence-electron chi connectivity index (χ0n) is 19.1. The second kappa shape index (κ2) is 10.1. The fourth-order valence-electron chi connectivity index (χ4n) is 5.13. The van der Waals surface area contributed by atoms with Gasteiger partial charge >= 0.3 is 0 Å². The summed E-state index contributed by atoms with van der Waals surface area (Å²) in [5, 5.41) is 1.26. The van der Waals surface area contributed by atoms with Gasteiger partial charge in [-0.25, -0.2) is 4.98 Å². The van der Waals surface area contributed by atoms with Gasteiger partial charge in [0.05, 0.1) is 22.8 Å². The molecule has 1 aromatic heterocycles. The number of aromatic nitrogens is 2. The molecule has 2 N–H and O–H groups in total. The van der Waals surface area contributed by atoms with E-state index in [1.54, 1.807) is 12.1 Å². The molecule has 174 valence electrons. The van der Waals surface area contributed by atoms with E-state index in [0.717, 1.165) is 29.9 Å². The molecule has 1 fully saturated rings. The Labute approximate surface area is 201 Å². The Morgan fingerprint density at radius 3 is 2.69 bits per heavy atom. The molecule has 0 spiro atoms. The SMILES string of the molecule is CC[C@H](C)[C@H](N)C(=O)N1CCn2cc(-c3cc(Cl)ccc3Cl)nc2[C@@H]1CC1CCCCC1. The molecule has 2 aromatic rings. The highest BCUT2D eigenvalue weighted by atomic mass is 35.5. The number of rotatable bonds is 6. The van der Waals surface area contributed by atoms with Gasteiger partial charge < -0.3 is 15.2 Å². The Hall–Kier alpha value is -1.56. The highest BCUT2D eigenvalue weighted by Gasteiger charge is 2.37. The lowest BCUT2D eigenvalue weighted by Crippen LogP contribution is -2.51. The molecule has 2 heterocycles. The van der Waals surface area contributed by atoms with Crippen molar-refractivity contribution in [1.29, 1.82) is 0 Å². The van der Waals surface area contributed by atoms with Crippen LogP contribution in [0.3, 0.4) is 0 Å². The lowest BCUT2D eigenvalue weighted by atomic mass is 9.83. The van der Waals surface area contributed by atoms with Crippen molar-refractivity contribution in [3.8, 4) is 11.3 Å². The van der Waals surface area contributed by atoms with E-state index in [9.17, 15) is 4.79 Å². The quantitative estimate of drug-likeness (QED) is 0.548. The van der Waals surface area contributed by atoms with Crippen molar-refractivity contribution in [1.82, 2.24) is 14.5 Å². The van der Waals surface area contributed by atoms with Gasteiger partial charge in [0.1, 0.15) is 5.82 Å². The van der Waals surface area contributed by atoms with Crippen LogP contribution < -0.4 is 5.73 Å². The van der Waals surface area contributed by atoms with E-state index in [1.807, 2.05) is 11.0 Å². The summed E-state index contributed by atoms with van der Waals surface area (Å²) in [4.78, 5) is 20.5. The first-order valence-corrected chi connectivity index (χ1v) is 12.7. The number of halogens is 2. The Balaban J connectivity index is 1.69. The second-order valence-electron chi connectivity index (χ2n) is 9.50. The number of imidazole rings is 1. The van der Waals surface area contributed by atoms with Gasteiger partial charge in [-0.2, -0.15) is 0 Å². The third-order valence-electron chi connectivity index (χ3n) is 7.37. The summed E-state index contributed by atoms with van der Waals surface area (Å²) in [7, 11) is 0. The third kappa shape index (κ3) is 4.85. The van der Waals surface area contributed by atoms with Crippen LogP contribution in [0.4, 0.5) is 0 Å². The molecule has 7 heteroatoms. The summed E-state index contributed by atoms with van der Waals surface area (Å²) in [6.07, 6.45) is 10.2. The first-order valence-electron chi connectivity index (χ1n) is 12.0. The molecule has 1 aliphatic carbocycles. The minimum atomic E-state index is -0.475. The first kappa shape index (κ1) is 23.6. The van der Waals surface area contributed by atoms with E-state index in [4.69, 9.17) is 33.9 Å². The molecule has 5 nitrogen and oxygen atoms in total. The van der Waals surface area contributed by atoms with Crippen LogP contribution in [0.5, 0.6) is 0 Å². The number of nitrogens with two attached hydrogens (primary N) is 1. The van der Waals surface area contributed by atoms with Crippen LogP contribution in [-0.2, 0) is 11.3 Å². The standard InChI is InChI=1S/C25H34Cl2N4O/c1-3-16(2)23(28)25(32)31-12-11-30-15-21(19-14-18(26)9-10-20(19)27)29-24(30)22(31)13-17-7-5-4-6-8-17/h9-10,14-17,22-23H,3-8,11-13,28H2,1-2H3/t16-,22-,23-/m0/s1. The van der Waals surface area contributed by atoms with E-state index in [-0.39, 0.29) is 17.9 Å². The molecule has 32 heavy (non-hydrogen) atoms. The predicted octanol–water partition coefficient (Wildman–Crippen LogP) is 6.08. The summed E-state index contributed by atoms with van der Waals surface area (Å²) >= 11 is 12.7. The number of benzene rings is 1. The number of amides is 1. The molecule has 1 aromatic carbocycles. The van der Waals surface area contributed by atoms with Crippen LogP contribution in [0.1, 0.15) is 70.7 Å². The highest BCUT2D eigenvalue weighted by molar-refractivity contribution is 6.35. The molecule has 0 bridgehead atoms. The smallest absolute Gasteiger partial charge is 0.240 e. The van der Waals surface area contributed by atoms with Crippen molar-refractivity contribution in [3.05, 3.63) is 40.3 Å². The van der Waals surface area contributed by atoms with Crippen molar-refractivity contribution in [2.24, 2.45) is 17.6 Å². The molecule has 1 amide bonds. The van der Waals surface area contributed by atoms with Crippen LogP contribution in [0, 0.1) is 11.8 Å². The predicted molar refractivity (Wildman–Crippen MR) is 131 cm³/mol. The van der Waals surface area contributed by atoms with Crippen molar-refractivity contribution in [2.75, 3.05) is 6.54 Å². The molecule has 1 aliphatic heterocycles. The Kier molecular flexibility index (Phi) is 7.48. The monoisotopic (exact) mass is 476 g/mol. The average Bonchev–Trinajstić information content (AvgIpc) is 3.24. The van der Waals surface area contributed by atoms with Crippen LogP contribution in [0.15, 0.2) is 24.4 Å². The second-order valence-corrected chi connectivity index (χ2v) is 10.3. The van der Waals surface area contributed by atoms with E-state index in [1.165, 1.54) is 32.1 Å². The van der Waals surface area contributed by atoms with E-state index < -0.39 is 6.04 Å². The molecule has 0 radical (unpaired) electrons. The molecule has 0 unspecified atom stereocenters. The third-order valence-corrected chi connectivity index (χ3v) is 7.94. The maximum absolute atomic E-state index is 13.5. The maximum Gasteiger partial charge on any atom is 0.240 e. The summed E-state index contributed by atoms with van der Waals surface area (Å²) in [6, 6.07) is 4.92. The number of fused-ring (bicyclic) bond motifs is 1. The molecule has 2 aliphatic rings. The van der Waals surface area contributed by atoms with Gasteiger partial charge in [-0.05, 0) is 36.5 Å². The van der Waals surface area contributed by atoms with Gasteiger partial charge in [-0.15, -0.1) is 0 Å². The molecule has 1 saturated carbocycles. The maximum atomic E-state index is 13.5. The highest BCUT2D eigenvalue weighted by Crippen LogP contribution is 2.39.